The number of carbonyl (C=O) groups is 1. The number of nitrogens with zero attached hydrogens (tertiary/aromatic N) is 3. The predicted molar refractivity (Wildman–Crippen MR) is 156 cm³/mol. The van der Waals surface area contributed by atoms with Crippen molar-refractivity contribution in [2.24, 2.45) is 11.0 Å². The molecule has 0 aromatic heterocycles. The van der Waals surface area contributed by atoms with Gasteiger partial charge in [0.1, 0.15) is 0 Å². The number of carbonyl (C=O) groups excluding carboxylic acids is 1. The third-order valence-corrected chi connectivity index (χ3v) is 8.73. The van der Waals surface area contributed by atoms with Gasteiger partial charge in [-0.25, -0.2) is 9.80 Å². The number of urea groups is 1. The molecule has 5 heteroatoms. The molecule has 3 aliphatic rings. The molecule has 0 atom stereocenters. The standard InChI is InChI=1S/C33H38N4O/c1-23-12-21-30-31(22-23)36(28-19-15-27(34)16-20-28)33(38)37(35-32(30)26-10-6-3-7-11-26)29-17-13-25(14-18-29)24-8-4-2-5-9-24/h2,4-5,8-9,12,15-16,19-22,25-26,29H,3,6-7,10-11,13-14,17-18,34H2,1H3/t25-,29+. The number of nitrogens with two attached hydrogens (primary N) is 1. The van der Waals surface area contributed by atoms with Crippen molar-refractivity contribution in [1.82, 2.24) is 5.01 Å². The number of nitrogen functional groups attached to an aromatic ring is 1. The molecular formula is C33H38N4O. The van der Waals surface area contributed by atoms with Crippen LogP contribution in [0.2, 0.25) is 0 Å². The van der Waals surface area contributed by atoms with Crippen molar-refractivity contribution in [2.45, 2.75) is 76.7 Å². The topological polar surface area (TPSA) is 61.9 Å². The third-order valence-electron chi connectivity index (χ3n) is 8.73. The van der Waals surface area contributed by atoms with Crippen LogP contribution in [0, 0.1) is 12.8 Å². The molecule has 3 aromatic carbocycles. The molecule has 3 aromatic rings. The molecule has 0 radical (unpaired) electrons. The summed E-state index contributed by atoms with van der Waals surface area (Å²) in [6, 6.07) is 25.0. The van der Waals surface area contributed by atoms with E-state index in [9.17, 15) is 4.79 Å². The minimum atomic E-state index is -0.0596. The molecule has 0 unspecified atom stereocenters. The van der Waals surface area contributed by atoms with Crippen LogP contribution in [0.5, 0.6) is 0 Å². The molecule has 38 heavy (non-hydrogen) atoms. The molecule has 0 saturated heterocycles. The van der Waals surface area contributed by atoms with Crippen molar-refractivity contribution in [3.05, 3.63) is 89.5 Å². The maximum atomic E-state index is 14.5. The lowest BCUT2D eigenvalue weighted by Crippen LogP contribution is -2.44. The largest absolute Gasteiger partial charge is 0.399 e. The van der Waals surface area contributed by atoms with Crippen LogP contribution in [0.1, 0.15) is 80.4 Å². The fourth-order valence-electron chi connectivity index (χ4n) is 6.63. The number of hydrazone groups is 1. The highest BCUT2D eigenvalue weighted by Gasteiger charge is 2.38. The van der Waals surface area contributed by atoms with E-state index in [1.165, 1.54) is 24.8 Å². The highest BCUT2D eigenvalue weighted by atomic mass is 16.2. The van der Waals surface area contributed by atoms with Crippen molar-refractivity contribution >= 4 is 28.8 Å². The van der Waals surface area contributed by atoms with E-state index in [-0.39, 0.29) is 12.1 Å². The van der Waals surface area contributed by atoms with Gasteiger partial charge in [-0.05, 0) is 92.8 Å². The Labute approximate surface area is 226 Å². The Morgan fingerprint density at radius 1 is 0.789 bits per heavy atom. The van der Waals surface area contributed by atoms with Crippen molar-refractivity contribution in [2.75, 3.05) is 10.6 Å². The van der Waals surface area contributed by atoms with Gasteiger partial charge in [0.25, 0.3) is 0 Å². The van der Waals surface area contributed by atoms with Crippen LogP contribution < -0.4 is 10.6 Å². The van der Waals surface area contributed by atoms with Gasteiger partial charge in [0.2, 0.25) is 0 Å². The Morgan fingerprint density at radius 3 is 2.21 bits per heavy atom. The fourth-order valence-corrected chi connectivity index (χ4v) is 6.63. The van der Waals surface area contributed by atoms with Gasteiger partial charge in [0.15, 0.2) is 0 Å². The zero-order valence-electron chi connectivity index (χ0n) is 22.4. The lowest BCUT2D eigenvalue weighted by atomic mass is 9.81. The SMILES string of the molecule is Cc1ccc2c(c1)N(c1ccc(N)cc1)C(=O)N([C@H]1CC[C@@H](c3ccccc3)CC1)N=C2C1CCCCC1. The molecule has 1 heterocycles. The molecule has 6 rings (SSSR count). The molecule has 0 spiro atoms. The maximum Gasteiger partial charge on any atom is 0.349 e. The molecular weight excluding hydrogens is 468 g/mol. The second kappa shape index (κ2) is 10.6. The molecule has 5 nitrogen and oxygen atoms in total. The van der Waals surface area contributed by atoms with Crippen molar-refractivity contribution < 1.29 is 4.79 Å². The highest BCUT2D eigenvalue weighted by Crippen LogP contribution is 2.41. The maximum absolute atomic E-state index is 14.5. The third kappa shape index (κ3) is 4.82. The molecule has 2 fully saturated rings. The summed E-state index contributed by atoms with van der Waals surface area (Å²) in [7, 11) is 0. The highest BCUT2D eigenvalue weighted by molar-refractivity contribution is 6.14. The molecule has 196 valence electrons. The fraction of sp³-hybridized carbons (Fsp3) is 0.394. The number of anilines is 3. The minimum Gasteiger partial charge on any atom is -0.399 e. The van der Waals surface area contributed by atoms with Gasteiger partial charge in [-0.1, -0.05) is 61.7 Å². The van der Waals surface area contributed by atoms with Gasteiger partial charge >= 0.3 is 6.03 Å². The quantitative estimate of drug-likeness (QED) is 0.363. The number of aryl methyl sites for hydroxylation is 1. The first kappa shape index (κ1) is 24.7. The summed E-state index contributed by atoms with van der Waals surface area (Å²) in [5.74, 6) is 0.928. The summed E-state index contributed by atoms with van der Waals surface area (Å²) in [6.07, 6.45) is 10.1. The number of amides is 2. The van der Waals surface area contributed by atoms with Crippen molar-refractivity contribution in [3.63, 3.8) is 0 Å². The van der Waals surface area contributed by atoms with Gasteiger partial charge in [0, 0.05) is 17.2 Å². The lowest BCUT2D eigenvalue weighted by Gasteiger charge is -2.36. The van der Waals surface area contributed by atoms with Gasteiger partial charge in [-0.15, -0.1) is 0 Å². The van der Waals surface area contributed by atoms with Crippen LogP contribution >= 0.6 is 0 Å². The molecule has 2 saturated carbocycles. The Bertz CT molecular complexity index is 1300. The van der Waals surface area contributed by atoms with Gasteiger partial charge in [-0.3, -0.25) is 4.90 Å². The Balaban J connectivity index is 1.41. The minimum absolute atomic E-state index is 0.0596. The summed E-state index contributed by atoms with van der Waals surface area (Å²) < 4.78 is 0. The van der Waals surface area contributed by atoms with E-state index in [2.05, 4.69) is 55.5 Å². The Kier molecular flexibility index (Phi) is 6.92. The normalized spacial score (nSPS) is 22.6. The van der Waals surface area contributed by atoms with E-state index in [0.717, 1.165) is 66.7 Å². The van der Waals surface area contributed by atoms with Crippen LogP contribution in [0.15, 0.2) is 77.9 Å². The second-order valence-corrected chi connectivity index (χ2v) is 11.3. The number of hydrogen-bond donors (Lipinski definition) is 1. The van der Waals surface area contributed by atoms with Crippen molar-refractivity contribution in [3.8, 4) is 0 Å². The first-order valence-electron chi connectivity index (χ1n) is 14.3. The Morgan fingerprint density at radius 2 is 1.50 bits per heavy atom. The molecule has 1 aliphatic heterocycles. The van der Waals surface area contributed by atoms with Gasteiger partial charge in [0.05, 0.1) is 23.1 Å². The summed E-state index contributed by atoms with van der Waals surface area (Å²) in [6.45, 7) is 2.09. The average Bonchev–Trinajstić information content (AvgIpc) is 3.08. The monoisotopic (exact) mass is 506 g/mol. The summed E-state index contributed by atoms with van der Waals surface area (Å²) in [5, 5.41) is 7.16. The van der Waals surface area contributed by atoms with Crippen molar-refractivity contribution in [1.29, 1.82) is 0 Å². The summed E-state index contributed by atoms with van der Waals surface area (Å²) in [4.78, 5) is 16.4. The first-order valence-corrected chi connectivity index (χ1v) is 14.3. The van der Waals surface area contributed by atoms with E-state index in [0.29, 0.717) is 17.5 Å². The number of rotatable bonds is 4. The number of benzene rings is 3. The van der Waals surface area contributed by atoms with Crippen LogP contribution in [0.25, 0.3) is 0 Å². The predicted octanol–water partition coefficient (Wildman–Crippen LogP) is 8.16. The zero-order chi connectivity index (χ0) is 26.1. The Hall–Kier alpha value is -3.60. The first-order chi connectivity index (χ1) is 18.6. The van der Waals surface area contributed by atoms with Crippen LogP contribution in [0.3, 0.4) is 0 Å². The second-order valence-electron chi connectivity index (χ2n) is 11.3. The van der Waals surface area contributed by atoms with E-state index in [1.807, 2.05) is 34.2 Å². The molecule has 2 amide bonds. The average molecular weight is 507 g/mol. The van der Waals surface area contributed by atoms with Gasteiger partial charge < -0.3 is 5.73 Å². The summed E-state index contributed by atoms with van der Waals surface area (Å²) >= 11 is 0. The molecule has 2 N–H and O–H groups in total. The number of fused-ring (bicyclic) bond motifs is 1. The number of hydrogen-bond acceptors (Lipinski definition) is 3. The van der Waals surface area contributed by atoms with Gasteiger partial charge in [-0.2, -0.15) is 5.10 Å². The van der Waals surface area contributed by atoms with Crippen LogP contribution in [-0.4, -0.2) is 22.8 Å². The molecule has 0 bridgehead atoms. The lowest BCUT2D eigenvalue weighted by molar-refractivity contribution is 0.162. The van der Waals surface area contributed by atoms with E-state index in [4.69, 9.17) is 10.8 Å². The summed E-state index contributed by atoms with van der Waals surface area (Å²) in [5.41, 5.74) is 13.2. The van der Waals surface area contributed by atoms with E-state index in [1.54, 1.807) is 0 Å². The molecule has 2 aliphatic carbocycles. The zero-order valence-corrected chi connectivity index (χ0v) is 22.4. The van der Waals surface area contributed by atoms with E-state index >= 15 is 0 Å². The smallest absolute Gasteiger partial charge is 0.349 e. The van der Waals surface area contributed by atoms with E-state index < -0.39 is 0 Å². The van der Waals surface area contributed by atoms with Crippen LogP contribution in [-0.2, 0) is 0 Å². The van der Waals surface area contributed by atoms with Crippen LogP contribution in [0.4, 0.5) is 21.9 Å².